The van der Waals surface area contributed by atoms with Crippen molar-refractivity contribution in [1.82, 2.24) is 0 Å². The molecule has 3 N–H and O–H groups in total. The van der Waals surface area contributed by atoms with Crippen LogP contribution in [0.4, 0.5) is 0 Å². The molecule has 0 heterocycles. The van der Waals surface area contributed by atoms with Gasteiger partial charge in [0.2, 0.25) is 0 Å². The van der Waals surface area contributed by atoms with Gasteiger partial charge in [0.15, 0.2) is 0 Å². The molecule has 33 heavy (non-hydrogen) atoms. The monoisotopic (exact) mass is 458 g/mol. The minimum absolute atomic E-state index is 0.0763. The van der Waals surface area contributed by atoms with Crippen molar-refractivity contribution in [3.63, 3.8) is 0 Å². The van der Waals surface area contributed by atoms with Gasteiger partial charge in [0.05, 0.1) is 18.8 Å². The van der Waals surface area contributed by atoms with Crippen LogP contribution in [0.25, 0.3) is 0 Å². The highest BCUT2D eigenvalue weighted by Crippen LogP contribution is 2.73. The summed E-state index contributed by atoms with van der Waals surface area (Å²) in [6, 6.07) is 0. The molecule has 4 rings (SSSR count). The lowest BCUT2D eigenvalue weighted by molar-refractivity contribution is -0.155. The zero-order valence-corrected chi connectivity index (χ0v) is 22.3. The van der Waals surface area contributed by atoms with Crippen LogP contribution in [0.15, 0.2) is 23.3 Å². The Hall–Kier alpha value is -0.640. The van der Waals surface area contributed by atoms with E-state index in [9.17, 15) is 15.3 Å². The molecular formula is C30H50O3. The van der Waals surface area contributed by atoms with Gasteiger partial charge in [-0.3, -0.25) is 0 Å². The van der Waals surface area contributed by atoms with Crippen molar-refractivity contribution >= 4 is 0 Å². The van der Waals surface area contributed by atoms with Gasteiger partial charge in [0, 0.05) is 5.41 Å². The van der Waals surface area contributed by atoms with Gasteiger partial charge in [-0.05, 0) is 105 Å². The van der Waals surface area contributed by atoms with Crippen LogP contribution in [0.1, 0.15) is 99.8 Å². The summed E-state index contributed by atoms with van der Waals surface area (Å²) in [7, 11) is 0. The van der Waals surface area contributed by atoms with E-state index in [1.807, 2.05) is 6.08 Å². The van der Waals surface area contributed by atoms with Gasteiger partial charge in [-0.15, -0.1) is 0 Å². The van der Waals surface area contributed by atoms with Gasteiger partial charge in [-0.1, -0.05) is 57.9 Å². The Morgan fingerprint density at radius 2 is 1.79 bits per heavy atom. The summed E-state index contributed by atoms with van der Waals surface area (Å²) in [5, 5.41) is 31.8. The number of hydrogen-bond donors (Lipinski definition) is 3. The summed E-state index contributed by atoms with van der Waals surface area (Å²) in [4.78, 5) is 0. The van der Waals surface area contributed by atoms with E-state index in [1.165, 1.54) is 31.3 Å². The Kier molecular flexibility index (Phi) is 6.55. The highest BCUT2D eigenvalue weighted by molar-refractivity contribution is 5.33. The van der Waals surface area contributed by atoms with E-state index in [0.29, 0.717) is 23.7 Å². The molecule has 0 aromatic carbocycles. The number of aliphatic hydroxyl groups is 3. The van der Waals surface area contributed by atoms with Crippen LogP contribution in [0.3, 0.4) is 0 Å². The first-order valence-electron chi connectivity index (χ1n) is 13.7. The molecule has 3 fully saturated rings. The zero-order chi connectivity index (χ0) is 24.4. The molecule has 0 bridgehead atoms. The van der Waals surface area contributed by atoms with E-state index in [4.69, 9.17) is 0 Å². The average Bonchev–Trinajstić information content (AvgIpc) is 3.02. The first-order valence-corrected chi connectivity index (χ1v) is 13.7. The molecule has 188 valence electrons. The number of rotatable bonds is 5. The SMILES string of the molecule is CC(C)=C[C@H](O)C[C@H](C)[C@@H]1CC[C@]2(C)C3=CC[C@@H]4[C@](C)(CC[C@@H](O)[C@]4(C)CO)[C@H]3CC[C@@]12C. The zero-order valence-electron chi connectivity index (χ0n) is 22.3. The first-order chi connectivity index (χ1) is 15.3. The lowest BCUT2D eigenvalue weighted by Gasteiger charge is -2.64. The van der Waals surface area contributed by atoms with Crippen LogP contribution in [0, 0.1) is 45.3 Å². The Morgan fingerprint density at radius 3 is 2.42 bits per heavy atom. The largest absolute Gasteiger partial charge is 0.396 e. The third-order valence-corrected chi connectivity index (χ3v) is 11.8. The second kappa shape index (κ2) is 8.49. The van der Waals surface area contributed by atoms with Crippen molar-refractivity contribution in [2.45, 2.75) is 112 Å². The second-order valence-electron chi connectivity index (χ2n) is 13.7. The molecule has 0 aromatic rings. The summed E-state index contributed by atoms with van der Waals surface area (Å²) in [6.45, 7) is 16.3. The molecule has 10 atom stereocenters. The van der Waals surface area contributed by atoms with Crippen LogP contribution in [-0.4, -0.2) is 34.1 Å². The summed E-state index contributed by atoms with van der Waals surface area (Å²) in [5.41, 5.74) is 3.15. The molecule has 3 heteroatoms. The molecule has 0 aliphatic heterocycles. The summed E-state index contributed by atoms with van der Waals surface area (Å²) in [6.07, 6.45) is 12.5. The van der Waals surface area contributed by atoms with Gasteiger partial charge in [0.1, 0.15) is 0 Å². The van der Waals surface area contributed by atoms with Crippen molar-refractivity contribution in [3.05, 3.63) is 23.3 Å². The van der Waals surface area contributed by atoms with E-state index in [-0.39, 0.29) is 29.0 Å². The molecule has 0 spiro atoms. The fourth-order valence-electron chi connectivity index (χ4n) is 9.69. The van der Waals surface area contributed by atoms with E-state index in [1.54, 1.807) is 5.57 Å². The lowest BCUT2D eigenvalue weighted by Crippen LogP contribution is -2.59. The Bertz CT molecular complexity index is 811. The molecule has 3 nitrogen and oxygen atoms in total. The second-order valence-corrected chi connectivity index (χ2v) is 13.7. The Morgan fingerprint density at radius 1 is 1.09 bits per heavy atom. The maximum Gasteiger partial charge on any atom is 0.0726 e. The summed E-state index contributed by atoms with van der Waals surface area (Å²) >= 11 is 0. The molecule has 0 unspecified atom stereocenters. The van der Waals surface area contributed by atoms with Crippen molar-refractivity contribution in [1.29, 1.82) is 0 Å². The van der Waals surface area contributed by atoms with Gasteiger partial charge in [-0.25, -0.2) is 0 Å². The Labute approximate surface area is 202 Å². The van der Waals surface area contributed by atoms with Gasteiger partial charge in [0.25, 0.3) is 0 Å². The molecule has 0 saturated heterocycles. The van der Waals surface area contributed by atoms with Crippen molar-refractivity contribution in [3.8, 4) is 0 Å². The quantitative estimate of drug-likeness (QED) is 0.425. The highest BCUT2D eigenvalue weighted by Gasteiger charge is 2.65. The molecule has 4 aliphatic rings. The summed E-state index contributed by atoms with van der Waals surface area (Å²) < 4.78 is 0. The molecule has 0 amide bonds. The smallest absolute Gasteiger partial charge is 0.0726 e. The first kappa shape index (κ1) is 25.5. The standard InChI is InChI=1S/C30H50O3/c1-19(2)16-21(32)17-20(3)22-10-14-30(7)24-8-9-25-27(4,23(24)11-15-29(22,30)6)13-12-26(33)28(25,5)18-31/h8,16,20-23,25-26,31-33H,9-15,17-18H2,1-7H3/t20-,21-,22-,23-,25+,26+,27+,28+,29-,30+/m0/s1. The van der Waals surface area contributed by atoms with Gasteiger partial charge >= 0.3 is 0 Å². The van der Waals surface area contributed by atoms with Gasteiger partial charge < -0.3 is 15.3 Å². The van der Waals surface area contributed by atoms with Crippen LogP contribution in [0.2, 0.25) is 0 Å². The third kappa shape index (κ3) is 3.62. The molecular weight excluding hydrogens is 408 g/mol. The minimum Gasteiger partial charge on any atom is -0.396 e. The molecule has 3 saturated carbocycles. The van der Waals surface area contributed by atoms with E-state index in [2.05, 4.69) is 54.5 Å². The third-order valence-electron chi connectivity index (χ3n) is 11.8. The molecule has 0 radical (unpaired) electrons. The van der Waals surface area contributed by atoms with Crippen molar-refractivity contribution < 1.29 is 15.3 Å². The lowest BCUT2D eigenvalue weighted by atomic mass is 9.40. The topological polar surface area (TPSA) is 60.7 Å². The van der Waals surface area contributed by atoms with E-state index >= 15 is 0 Å². The number of allylic oxidation sites excluding steroid dienone is 3. The maximum absolute atomic E-state index is 10.8. The van der Waals surface area contributed by atoms with Crippen molar-refractivity contribution in [2.24, 2.45) is 45.3 Å². The number of aliphatic hydroxyl groups excluding tert-OH is 3. The molecule has 4 aliphatic carbocycles. The summed E-state index contributed by atoms with van der Waals surface area (Å²) in [5.74, 6) is 2.06. The van der Waals surface area contributed by atoms with Crippen LogP contribution in [0.5, 0.6) is 0 Å². The number of fused-ring (bicyclic) bond motifs is 5. The Balaban J connectivity index is 1.64. The van der Waals surface area contributed by atoms with Crippen LogP contribution < -0.4 is 0 Å². The molecule has 0 aromatic heterocycles. The van der Waals surface area contributed by atoms with Gasteiger partial charge in [-0.2, -0.15) is 0 Å². The maximum atomic E-state index is 10.8. The predicted molar refractivity (Wildman–Crippen MR) is 136 cm³/mol. The van der Waals surface area contributed by atoms with E-state index < -0.39 is 11.5 Å². The minimum atomic E-state index is -0.399. The fourth-order valence-corrected chi connectivity index (χ4v) is 9.69. The van der Waals surface area contributed by atoms with Crippen molar-refractivity contribution in [2.75, 3.05) is 6.61 Å². The van der Waals surface area contributed by atoms with E-state index in [0.717, 1.165) is 25.7 Å². The normalized spacial score (nSPS) is 48.7. The van der Waals surface area contributed by atoms with Crippen LogP contribution >= 0.6 is 0 Å². The highest BCUT2D eigenvalue weighted by atomic mass is 16.3. The van der Waals surface area contributed by atoms with Crippen LogP contribution in [-0.2, 0) is 0 Å². The predicted octanol–water partition coefficient (Wildman–Crippen LogP) is 6.28. The fraction of sp³-hybridized carbons (Fsp3) is 0.867. The average molecular weight is 459 g/mol. The number of hydrogen-bond acceptors (Lipinski definition) is 3.